The topological polar surface area (TPSA) is 63.9 Å². The van der Waals surface area contributed by atoms with Crippen LogP contribution in [0.25, 0.3) is 0 Å². The Morgan fingerprint density at radius 2 is 1.65 bits per heavy atom. The van der Waals surface area contributed by atoms with Gasteiger partial charge in [0.05, 0.1) is 19.7 Å². The largest absolute Gasteiger partial charge is 0.411 e. The maximum atomic E-state index is 6.30. The minimum atomic E-state index is -0.0222. The number of anilines is 1. The van der Waals surface area contributed by atoms with E-state index >= 15 is 0 Å². The molecule has 0 bridgehead atoms. The van der Waals surface area contributed by atoms with E-state index in [4.69, 9.17) is 13.9 Å². The van der Waals surface area contributed by atoms with E-state index in [0.29, 0.717) is 23.9 Å². The molecule has 31 heavy (non-hydrogen) atoms. The molecule has 1 unspecified atom stereocenters. The number of aromatic nitrogens is 2. The molecule has 1 atom stereocenters. The summed E-state index contributed by atoms with van der Waals surface area (Å²) in [5.41, 5.74) is 3.16. The number of rotatable bonds is 4. The van der Waals surface area contributed by atoms with Crippen molar-refractivity contribution in [3.8, 4) is 0 Å². The summed E-state index contributed by atoms with van der Waals surface area (Å²) in [7, 11) is 0. The lowest BCUT2D eigenvalue weighted by molar-refractivity contribution is -0.0216. The SMILES string of the molecule is c1ccc(C2CCN(C3COC4(C3)CN(c3nnco3)C4)CC2)c(C2CCOCC2)c1. The standard InChI is InChI=1S/C24H32N4O3/c1-2-4-22(19-7-11-29-12-8-19)21(3-1)18-5-9-27(10-6-18)20-13-24(31-14-20)15-28(16-24)23-26-25-17-30-23/h1-4,17-20H,5-16H2. The Balaban J connectivity index is 1.05. The van der Waals surface area contributed by atoms with Gasteiger partial charge in [-0.15, -0.1) is 5.10 Å². The van der Waals surface area contributed by atoms with Crippen molar-refractivity contribution in [2.75, 3.05) is 50.9 Å². The van der Waals surface area contributed by atoms with Gasteiger partial charge in [0.1, 0.15) is 5.60 Å². The van der Waals surface area contributed by atoms with Crippen LogP contribution in [-0.2, 0) is 9.47 Å². The van der Waals surface area contributed by atoms with Gasteiger partial charge in [-0.05, 0) is 68.2 Å². The van der Waals surface area contributed by atoms with Gasteiger partial charge in [0, 0.05) is 19.3 Å². The fraction of sp³-hybridized carbons (Fsp3) is 0.667. The highest BCUT2D eigenvalue weighted by Gasteiger charge is 2.52. The molecular formula is C24H32N4O3. The fourth-order valence-electron chi connectivity index (χ4n) is 6.20. The number of hydrogen-bond donors (Lipinski definition) is 0. The second-order valence-electron chi connectivity index (χ2n) is 9.76. The minimum Gasteiger partial charge on any atom is -0.411 e. The summed E-state index contributed by atoms with van der Waals surface area (Å²) in [4.78, 5) is 4.80. The van der Waals surface area contributed by atoms with Gasteiger partial charge in [0.25, 0.3) is 0 Å². The smallest absolute Gasteiger partial charge is 0.318 e. The molecule has 1 aromatic carbocycles. The fourth-order valence-corrected chi connectivity index (χ4v) is 6.20. The summed E-state index contributed by atoms with van der Waals surface area (Å²) in [6, 6.07) is 10.4. The molecule has 2 aromatic rings. The summed E-state index contributed by atoms with van der Waals surface area (Å²) in [6.45, 7) is 6.73. The van der Waals surface area contributed by atoms with Crippen molar-refractivity contribution in [3.05, 3.63) is 41.8 Å². The number of hydrogen-bond acceptors (Lipinski definition) is 7. The van der Waals surface area contributed by atoms with E-state index in [9.17, 15) is 0 Å². The number of nitrogens with zero attached hydrogens (tertiary/aromatic N) is 4. The highest BCUT2D eigenvalue weighted by molar-refractivity contribution is 5.35. The van der Waals surface area contributed by atoms with Crippen LogP contribution >= 0.6 is 0 Å². The number of benzene rings is 1. The number of piperidine rings is 1. The summed E-state index contributed by atoms with van der Waals surface area (Å²) >= 11 is 0. The maximum absolute atomic E-state index is 6.30. The molecule has 0 radical (unpaired) electrons. The second-order valence-corrected chi connectivity index (χ2v) is 9.76. The molecule has 6 rings (SSSR count). The van der Waals surface area contributed by atoms with E-state index in [0.717, 1.165) is 52.2 Å². The van der Waals surface area contributed by atoms with Crippen molar-refractivity contribution < 1.29 is 13.9 Å². The monoisotopic (exact) mass is 424 g/mol. The predicted octanol–water partition coefficient (Wildman–Crippen LogP) is 3.19. The number of likely N-dealkylation sites (tertiary alicyclic amines) is 1. The van der Waals surface area contributed by atoms with E-state index in [-0.39, 0.29) is 5.60 Å². The molecule has 166 valence electrons. The summed E-state index contributed by atoms with van der Waals surface area (Å²) < 4.78 is 17.2. The van der Waals surface area contributed by atoms with Crippen LogP contribution in [0.2, 0.25) is 0 Å². The normalized spacial score (nSPS) is 27.6. The van der Waals surface area contributed by atoms with Crippen LogP contribution in [-0.4, -0.2) is 72.7 Å². The summed E-state index contributed by atoms with van der Waals surface area (Å²) in [5.74, 6) is 1.36. The Morgan fingerprint density at radius 3 is 2.32 bits per heavy atom. The molecule has 4 saturated heterocycles. The molecule has 7 nitrogen and oxygen atoms in total. The lowest BCUT2D eigenvalue weighted by atomic mass is 9.80. The van der Waals surface area contributed by atoms with Crippen molar-refractivity contribution in [2.45, 2.75) is 55.6 Å². The Bertz CT molecular complexity index is 869. The van der Waals surface area contributed by atoms with E-state index in [2.05, 4.69) is 44.3 Å². The quantitative estimate of drug-likeness (QED) is 0.747. The zero-order valence-electron chi connectivity index (χ0n) is 18.1. The van der Waals surface area contributed by atoms with Crippen LogP contribution in [0.1, 0.15) is 55.1 Å². The molecule has 4 aliphatic rings. The molecule has 0 aliphatic carbocycles. The van der Waals surface area contributed by atoms with Gasteiger partial charge < -0.3 is 18.8 Å². The van der Waals surface area contributed by atoms with Gasteiger partial charge >= 0.3 is 6.01 Å². The number of ether oxygens (including phenoxy) is 2. The molecular weight excluding hydrogens is 392 g/mol. The molecule has 4 aliphatic heterocycles. The van der Waals surface area contributed by atoms with Crippen LogP contribution in [0.15, 0.2) is 35.1 Å². The van der Waals surface area contributed by atoms with Gasteiger partial charge in [-0.3, -0.25) is 4.90 Å². The average molecular weight is 425 g/mol. The lowest BCUT2D eigenvalue weighted by Crippen LogP contribution is -2.62. The van der Waals surface area contributed by atoms with Crippen LogP contribution < -0.4 is 4.90 Å². The van der Waals surface area contributed by atoms with Crippen LogP contribution in [0.4, 0.5) is 6.01 Å². The minimum absolute atomic E-state index is 0.0222. The van der Waals surface area contributed by atoms with Gasteiger partial charge in [-0.1, -0.05) is 29.4 Å². The van der Waals surface area contributed by atoms with E-state index in [1.165, 1.54) is 32.3 Å². The van der Waals surface area contributed by atoms with Gasteiger partial charge in [-0.25, -0.2) is 0 Å². The van der Waals surface area contributed by atoms with E-state index in [1.54, 1.807) is 11.1 Å². The average Bonchev–Trinajstić information content (AvgIpc) is 3.49. The maximum Gasteiger partial charge on any atom is 0.318 e. The predicted molar refractivity (Wildman–Crippen MR) is 116 cm³/mol. The second kappa shape index (κ2) is 8.19. The third-order valence-corrected chi connectivity index (χ3v) is 7.91. The first-order valence-corrected chi connectivity index (χ1v) is 11.9. The molecule has 0 saturated carbocycles. The Morgan fingerprint density at radius 1 is 0.935 bits per heavy atom. The third kappa shape index (κ3) is 3.77. The van der Waals surface area contributed by atoms with Crippen LogP contribution in [0.5, 0.6) is 0 Å². The summed E-state index contributed by atoms with van der Waals surface area (Å²) in [6.07, 6.45) is 7.33. The highest BCUT2D eigenvalue weighted by atomic mass is 16.5. The molecule has 1 aromatic heterocycles. The first-order chi connectivity index (χ1) is 15.3. The molecule has 0 amide bonds. The first kappa shape index (κ1) is 19.7. The zero-order chi connectivity index (χ0) is 20.7. The molecule has 0 N–H and O–H groups in total. The lowest BCUT2D eigenvalue weighted by Gasteiger charge is -2.46. The van der Waals surface area contributed by atoms with E-state index in [1.807, 2.05) is 0 Å². The van der Waals surface area contributed by atoms with Gasteiger partial charge in [-0.2, -0.15) is 0 Å². The molecule has 5 heterocycles. The van der Waals surface area contributed by atoms with Crippen molar-refractivity contribution in [1.29, 1.82) is 0 Å². The third-order valence-electron chi connectivity index (χ3n) is 7.91. The Labute approximate surface area is 183 Å². The first-order valence-electron chi connectivity index (χ1n) is 11.9. The van der Waals surface area contributed by atoms with Crippen molar-refractivity contribution in [1.82, 2.24) is 15.1 Å². The molecule has 1 spiro atoms. The van der Waals surface area contributed by atoms with Crippen molar-refractivity contribution in [3.63, 3.8) is 0 Å². The van der Waals surface area contributed by atoms with Crippen LogP contribution in [0, 0.1) is 0 Å². The summed E-state index contributed by atoms with van der Waals surface area (Å²) in [5, 5.41) is 7.80. The van der Waals surface area contributed by atoms with Crippen molar-refractivity contribution >= 4 is 6.01 Å². The molecule has 4 fully saturated rings. The molecule has 7 heteroatoms. The van der Waals surface area contributed by atoms with E-state index < -0.39 is 0 Å². The zero-order valence-corrected chi connectivity index (χ0v) is 18.1. The van der Waals surface area contributed by atoms with Crippen LogP contribution in [0.3, 0.4) is 0 Å². The van der Waals surface area contributed by atoms with Gasteiger partial charge in [0.15, 0.2) is 0 Å². The highest BCUT2D eigenvalue weighted by Crippen LogP contribution is 2.41. The Hall–Kier alpha value is -1.96. The van der Waals surface area contributed by atoms with Gasteiger partial charge in [0.2, 0.25) is 6.39 Å². The Kier molecular flexibility index (Phi) is 5.20. The van der Waals surface area contributed by atoms with Crippen molar-refractivity contribution in [2.24, 2.45) is 0 Å².